The third kappa shape index (κ3) is 2.47. The van der Waals surface area contributed by atoms with Crippen LogP contribution in [-0.4, -0.2) is 17.3 Å². The van der Waals surface area contributed by atoms with Crippen molar-refractivity contribution in [1.82, 2.24) is 4.57 Å². The molecule has 0 aromatic carbocycles. The van der Waals surface area contributed by atoms with Gasteiger partial charge in [-0.05, 0) is 50.2 Å². The second-order valence-electron chi connectivity index (χ2n) is 5.60. The van der Waals surface area contributed by atoms with E-state index < -0.39 is 0 Å². The molecule has 1 saturated heterocycles. The Morgan fingerprint density at radius 2 is 2.16 bits per heavy atom. The van der Waals surface area contributed by atoms with Crippen LogP contribution >= 0.6 is 0 Å². The topological polar surface area (TPSA) is 57.2 Å². The van der Waals surface area contributed by atoms with Crippen LogP contribution in [0.1, 0.15) is 42.5 Å². The molecule has 4 heteroatoms. The van der Waals surface area contributed by atoms with Crippen LogP contribution in [0.15, 0.2) is 10.9 Å². The number of nitrogens with zero attached hydrogens (tertiary/aromatic N) is 1. The van der Waals surface area contributed by atoms with Gasteiger partial charge < -0.3 is 15.0 Å². The summed E-state index contributed by atoms with van der Waals surface area (Å²) in [5, 5.41) is 0. The Balaban J connectivity index is 2.01. The molecule has 1 fully saturated rings. The Morgan fingerprint density at radius 1 is 1.32 bits per heavy atom. The molecule has 19 heavy (non-hydrogen) atoms. The minimum Gasteiger partial charge on any atom is -0.376 e. The monoisotopic (exact) mass is 262 g/mol. The van der Waals surface area contributed by atoms with E-state index in [2.05, 4.69) is 0 Å². The van der Waals surface area contributed by atoms with Crippen LogP contribution in [0.2, 0.25) is 0 Å². The first kappa shape index (κ1) is 12.9. The number of hydrogen-bond donors (Lipinski definition) is 1. The van der Waals surface area contributed by atoms with Gasteiger partial charge in [0.05, 0.1) is 12.6 Å². The molecule has 0 radical (unpaired) electrons. The first-order valence-electron chi connectivity index (χ1n) is 7.35. The van der Waals surface area contributed by atoms with Gasteiger partial charge in [-0.25, -0.2) is 0 Å². The second-order valence-corrected chi connectivity index (χ2v) is 5.60. The smallest absolute Gasteiger partial charge is 0.255 e. The molecule has 0 amide bonds. The van der Waals surface area contributed by atoms with E-state index in [0.29, 0.717) is 13.1 Å². The highest BCUT2D eigenvalue weighted by molar-refractivity contribution is 5.29. The summed E-state index contributed by atoms with van der Waals surface area (Å²) in [6, 6.07) is 2.03. The van der Waals surface area contributed by atoms with Crippen LogP contribution in [0, 0.1) is 0 Å². The van der Waals surface area contributed by atoms with Gasteiger partial charge in [0.2, 0.25) is 0 Å². The minimum atomic E-state index is 0.0960. The van der Waals surface area contributed by atoms with Crippen LogP contribution in [-0.2, 0) is 30.7 Å². The Labute approximate surface area is 113 Å². The summed E-state index contributed by atoms with van der Waals surface area (Å²) in [5.74, 6) is 0. The van der Waals surface area contributed by atoms with Crippen LogP contribution in [0.25, 0.3) is 0 Å². The van der Waals surface area contributed by atoms with Crippen LogP contribution in [0.5, 0.6) is 0 Å². The summed E-state index contributed by atoms with van der Waals surface area (Å²) in [6.07, 6.45) is 6.87. The van der Waals surface area contributed by atoms with E-state index >= 15 is 0 Å². The molecule has 1 aromatic rings. The molecular formula is C15H22N2O2. The average molecular weight is 262 g/mol. The van der Waals surface area contributed by atoms with Gasteiger partial charge in [-0.15, -0.1) is 0 Å². The molecule has 0 spiro atoms. The summed E-state index contributed by atoms with van der Waals surface area (Å²) in [6.45, 7) is 1.87. The summed E-state index contributed by atoms with van der Waals surface area (Å²) in [7, 11) is 0. The zero-order valence-corrected chi connectivity index (χ0v) is 11.4. The number of fused-ring (bicyclic) bond motifs is 1. The lowest BCUT2D eigenvalue weighted by Gasteiger charge is -2.24. The molecule has 1 atom stereocenters. The van der Waals surface area contributed by atoms with Gasteiger partial charge in [0.15, 0.2) is 0 Å². The van der Waals surface area contributed by atoms with E-state index in [1.165, 1.54) is 24.1 Å². The fraction of sp³-hybridized carbons (Fsp3) is 0.667. The Bertz CT molecular complexity index is 516. The highest BCUT2D eigenvalue weighted by atomic mass is 16.5. The minimum absolute atomic E-state index is 0.0960. The summed E-state index contributed by atoms with van der Waals surface area (Å²) in [5.41, 5.74) is 9.11. The number of aromatic nitrogens is 1. The first-order chi connectivity index (χ1) is 9.29. The molecule has 4 nitrogen and oxygen atoms in total. The molecule has 2 heterocycles. The van der Waals surface area contributed by atoms with Crippen LogP contribution in [0.4, 0.5) is 0 Å². The van der Waals surface area contributed by atoms with Crippen molar-refractivity contribution < 1.29 is 4.74 Å². The molecule has 0 saturated carbocycles. The number of pyridine rings is 1. The van der Waals surface area contributed by atoms with Crippen molar-refractivity contribution in [2.75, 3.05) is 6.61 Å². The quantitative estimate of drug-likeness (QED) is 0.895. The van der Waals surface area contributed by atoms with Gasteiger partial charge in [-0.2, -0.15) is 0 Å². The highest BCUT2D eigenvalue weighted by Crippen LogP contribution is 2.22. The van der Waals surface area contributed by atoms with Gasteiger partial charge >= 0.3 is 0 Å². The zero-order valence-electron chi connectivity index (χ0n) is 11.4. The van der Waals surface area contributed by atoms with Crippen molar-refractivity contribution in [3.05, 3.63) is 33.2 Å². The number of nitrogens with two attached hydrogens (primary N) is 1. The van der Waals surface area contributed by atoms with E-state index in [9.17, 15) is 4.79 Å². The van der Waals surface area contributed by atoms with E-state index in [4.69, 9.17) is 10.5 Å². The standard InChI is InChI=1S/C15H22N2O2/c16-9-12-8-11-4-1-2-6-14(11)17(15(12)18)10-13-5-3-7-19-13/h8,13H,1-7,9-10,16H2. The summed E-state index contributed by atoms with van der Waals surface area (Å²) in [4.78, 5) is 12.5. The van der Waals surface area contributed by atoms with Gasteiger partial charge in [0.25, 0.3) is 5.56 Å². The van der Waals surface area contributed by atoms with Crippen LogP contribution in [0.3, 0.4) is 0 Å². The maximum Gasteiger partial charge on any atom is 0.255 e. The highest BCUT2D eigenvalue weighted by Gasteiger charge is 2.22. The van der Waals surface area contributed by atoms with Crippen LogP contribution < -0.4 is 11.3 Å². The van der Waals surface area contributed by atoms with Crippen molar-refractivity contribution >= 4 is 0 Å². The van der Waals surface area contributed by atoms with Gasteiger partial charge in [0.1, 0.15) is 0 Å². The third-order valence-corrected chi connectivity index (χ3v) is 4.30. The SMILES string of the molecule is NCc1cc2c(n(CC3CCCO3)c1=O)CCCC2. The summed E-state index contributed by atoms with van der Waals surface area (Å²) < 4.78 is 7.64. The molecule has 0 bridgehead atoms. The Hall–Kier alpha value is -1.13. The molecule has 1 aliphatic heterocycles. The average Bonchev–Trinajstić information content (AvgIpc) is 2.94. The lowest BCUT2D eigenvalue weighted by atomic mass is 9.94. The molecule has 3 rings (SSSR count). The number of rotatable bonds is 3. The predicted octanol–water partition coefficient (Wildman–Crippen LogP) is 1.36. The van der Waals surface area contributed by atoms with Crippen molar-refractivity contribution in [2.45, 2.75) is 57.7 Å². The molecule has 2 aliphatic rings. The molecular weight excluding hydrogens is 240 g/mol. The van der Waals surface area contributed by atoms with Gasteiger partial charge in [-0.1, -0.05) is 0 Å². The Kier molecular flexibility index (Phi) is 3.71. The second kappa shape index (κ2) is 5.47. The van der Waals surface area contributed by atoms with E-state index in [1.807, 2.05) is 10.6 Å². The van der Waals surface area contributed by atoms with Gasteiger partial charge in [0, 0.05) is 24.4 Å². The van der Waals surface area contributed by atoms with Crippen molar-refractivity contribution in [3.63, 3.8) is 0 Å². The fourth-order valence-corrected chi connectivity index (χ4v) is 3.28. The maximum atomic E-state index is 12.5. The normalized spacial score (nSPS) is 22.5. The van der Waals surface area contributed by atoms with E-state index in [0.717, 1.165) is 37.9 Å². The third-order valence-electron chi connectivity index (χ3n) is 4.30. The van der Waals surface area contributed by atoms with Crippen molar-refractivity contribution in [1.29, 1.82) is 0 Å². The summed E-state index contributed by atoms with van der Waals surface area (Å²) >= 11 is 0. The zero-order chi connectivity index (χ0) is 13.2. The number of ether oxygens (including phenoxy) is 1. The molecule has 1 aliphatic carbocycles. The van der Waals surface area contributed by atoms with Gasteiger partial charge in [-0.3, -0.25) is 4.79 Å². The predicted molar refractivity (Wildman–Crippen MR) is 74.2 cm³/mol. The molecule has 2 N–H and O–H groups in total. The lowest BCUT2D eigenvalue weighted by Crippen LogP contribution is -2.34. The van der Waals surface area contributed by atoms with E-state index in [-0.39, 0.29) is 11.7 Å². The lowest BCUT2D eigenvalue weighted by molar-refractivity contribution is 0.0951. The maximum absolute atomic E-state index is 12.5. The van der Waals surface area contributed by atoms with Crippen molar-refractivity contribution in [3.8, 4) is 0 Å². The van der Waals surface area contributed by atoms with Crippen molar-refractivity contribution in [2.24, 2.45) is 5.73 Å². The fourth-order valence-electron chi connectivity index (χ4n) is 3.28. The largest absolute Gasteiger partial charge is 0.376 e. The number of aryl methyl sites for hydroxylation is 1. The molecule has 1 unspecified atom stereocenters. The first-order valence-corrected chi connectivity index (χ1v) is 7.35. The van der Waals surface area contributed by atoms with E-state index in [1.54, 1.807) is 0 Å². The Morgan fingerprint density at radius 3 is 2.89 bits per heavy atom. The number of hydrogen-bond acceptors (Lipinski definition) is 3. The molecule has 1 aromatic heterocycles. The molecule has 104 valence electrons.